The molecule has 0 unspecified atom stereocenters. The van der Waals surface area contributed by atoms with E-state index in [1.807, 2.05) is 46.8 Å². The molecule has 12 heteroatoms. The summed E-state index contributed by atoms with van der Waals surface area (Å²) in [6.45, 7) is 25.1. The highest BCUT2D eigenvalue weighted by Gasteiger charge is 2.24. The van der Waals surface area contributed by atoms with Gasteiger partial charge in [-0.3, -0.25) is 0 Å². The molecule has 2 aromatic carbocycles. The molecule has 2 aromatic heterocycles. The number of hydrogen-bond acceptors (Lipinski definition) is 10. The Balaban J connectivity index is 0.000000711. The molecule has 2 heterocycles. The Bertz CT molecular complexity index is 1800. The van der Waals surface area contributed by atoms with E-state index in [4.69, 9.17) is 16.0 Å². The average Bonchev–Trinajstić information content (AvgIpc) is 3.30. The molecule has 0 amide bonds. The van der Waals surface area contributed by atoms with Crippen LogP contribution in [0, 0.1) is 25.2 Å². The Hall–Kier alpha value is -3.77. The van der Waals surface area contributed by atoms with Crippen molar-refractivity contribution in [2.45, 2.75) is 143 Å². The van der Waals surface area contributed by atoms with Gasteiger partial charge in [0.15, 0.2) is 19.7 Å². The number of hydrogen-bond donors (Lipinski definition) is 2. The summed E-state index contributed by atoms with van der Waals surface area (Å²) in [5, 5.41) is 3.73. The Morgan fingerprint density at radius 1 is 0.741 bits per heavy atom. The van der Waals surface area contributed by atoms with Gasteiger partial charge in [-0.25, -0.2) is 26.8 Å². The zero-order chi connectivity index (χ0) is 41.8. The summed E-state index contributed by atoms with van der Waals surface area (Å²) < 4.78 is 51.3. The summed E-state index contributed by atoms with van der Waals surface area (Å²) in [6.07, 6.45) is 11.7. The number of nitrogens with two attached hydrogens (primary N) is 2. The van der Waals surface area contributed by atoms with Gasteiger partial charge in [-0.1, -0.05) is 112 Å². The molecule has 5 rings (SSSR count). The van der Waals surface area contributed by atoms with Crippen LogP contribution in [0.3, 0.4) is 0 Å². The van der Waals surface area contributed by atoms with Crippen molar-refractivity contribution in [3.05, 3.63) is 89.6 Å². The largest absolute Gasteiger partial charge is 0.399 e. The molecule has 1 aliphatic carbocycles. The molecule has 10 nitrogen and oxygen atoms in total. The molecule has 4 N–H and O–H groups in total. The molecular formula is C42H69N5O5S2. The van der Waals surface area contributed by atoms with Crippen LogP contribution < -0.4 is 11.5 Å². The predicted molar refractivity (Wildman–Crippen MR) is 226 cm³/mol. The molecule has 0 saturated heterocycles. The van der Waals surface area contributed by atoms with Crippen molar-refractivity contribution in [3.8, 4) is 0 Å². The molecule has 0 atom stereocenters. The maximum absolute atomic E-state index is 12.3. The molecule has 0 bridgehead atoms. The number of aromatic nitrogens is 3. The second kappa shape index (κ2) is 23.9. The molecule has 0 radical (unpaired) electrons. The van der Waals surface area contributed by atoms with E-state index in [1.165, 1.54) is 56.9 Å². The van der Waals surface area contributed by atoms with E-state index in [-0.39, 0.29) is 11.2 Å². The monoisotopic (exact) mass is 787 g/mol. The second-order valence-corrected chi connectivity index (χ2v) is 18.9. The van der Waals surface area contributed by atoms with Gasteiger partial charge in [-0.2, -0.15) is 0 Å². The molecule has 1 saturated carbocycles. The first kappa shape index (κ1) is 50.2. The van der Waals surface area contributed by atoms with E-state index >= 15 is 0 Å². The lowest BCUT2D eigenvalue weighted by Gasteiger charge is -2.29. The van der Waals surface area contributed by atoms with Crippen LogP contribution in [0.1, 0.15) is 130 Å². The van der Waals surface area contributed by atoms with Crippen molar-refractivity contribution in [1.82, 2.24) is 15.1 Å². The fraction of sp³-hybridized carbons (Fsp3) is 0.548. The van der Waals surface area contributed by atoms with Crippen LogP contribution in [-0.4, -0.2) is 38.2 Å². The maximum Gasteiger partial charge on any atom is 0.220 e. The molecule has 0 aliphatic heterocycles. The first-order valence-electron chi connectivity index (χ1n) is 18.9. The molecule has 1 fully saturated rings. The van der Waals surface area contributed by atoms with E-state index in [0.717, 1.165) is 17.2 Å². The third kappa shape index (κ3) is 20.1. The smallest absolute Gasteiger partial charge is 0.220 e. The second-order valence-electron chi connectivity index (χ2n) is 14.9. The van der Waals surface area contributed by atoms with Gasteiger partial charge in [-0.15, -0.1) is 0 Å². The average molecular weight is 788 g/mol. The minimum Gasteiger partial charge on any atom is -0.399 e. The minimum atomic E-state index is -3.38. The summed E-state index contributed by atoms with van der Waals surface area (Å²) in [7, 11) is -6.46. The van der Waals surface area contributed by atoms with Crippen LogP contribution >= 0.6 is 0 Å². The predicted octanol–water partition coefficient (Wildman–Crippen LogP) is 10.3. The molecule has 4 aromatic rings. The van der Waals surface area contributed by atoms with Crippen molar-refractivity contribution in [1.29, 1.82) is 0 Å². The number of sulfone groups is 2. The Morgan fingerprint density at radius 2 is 1.24 bits per heavy atom. The number of rotatable bonds is 4. The molecule has 304 valence electrons. The first-order chi connectivity index (χ1) is 25.1. The highest BCUT2D eigenvalue weighted by Crippen LogP contribution is 2.36. The Labute approximate surface area is 327 Å². The fourth-order valence-corrected chi connectivity index (χ4v) is 7.13. The standard InChI is InChI=1S/C15H19NO3S.C11H22.C7H9NO2S.C5H7N3.2C2H6/c1-11-9-13(16-19-11)10-20(17,18)14-7-5-12(6-8-14)15(2,3)4;1-11(2,3)10-8-6-4-5-7-9-10;1-11(9,10)7-4-2-6(8)3-5-7;1-4-2-3-7-5(6)8-4;2*1-2/h5-9H,10H2,1-4H3;10H,4-9H2,1-3H3;2-5H,8H2,1H3;2-3H,1H3,(H2,6,7,8);2*1-2H3. The van der Waals surface area contributed by atoms with Crippen LogP contribution in [-0.2, 0) is 30.8 Å². The van der Waals surface area contributed by atoms with Gasteiger partial charge >= 0.3 is 0 Å². The van der Waals surface area contributed by atoms with Crippen molar-refractivity contribution < 1.29 is 21.4 Å². The van der Waals surface area contributed by atoms with Crippen molar-refractivity contribution >= 4 is 31.3 Å². The SMILES string of the molecule is CC.CC.CC(C)(C)C1CCCCCC1.CS(=O)(=O)c1ccc(N)cc1.Cc1cc(CS(=O)(=O)c2ccc(C(C)(C)C)cc2)no1.Cc1ccnc(N)n1. The summed E-state index contributed by atoms with van der Waals surface area (Å²) in [4.78, 5) is 8.16. The third-order valence-electron chi connectivity index (χ3n) is 8.30. The quantitative estimate of drug-likeness (QED) is 0.150. The minimum absolute atomic E-state index is 0.00547. The Morgan fingerprint density at radius 3 is 1.61 bits per heavy atom. The summed E-state index contributed by atoms with van der Waals surface area (Å²) in [6, 6.07) is 16.6. The lowest BCUT2D eigenvalue weighted by molar-refractivity contribution is 0.215. The summed E-state index contributed by atoms with van der Waals surface area (Å²) in [5.41, 5.74) is 14.2. The van der Waals surface area contributed by atoms with Gasteiger partial charge in [0.05, 0.1) is 15.5 Å². The number of aryl methyl sites for hydroxylation is 2. The summed E-state index contributed by atoms with van der Waals surface area (Å²) in [5.74, 6) is 1.80. The van der Waals surface area contributed by atoms with Gasteiger partial charge in [0.1, 0.15) is 11.5 Å². The highest BCUT2D eigenvalue weighted by molar-refractivity contribution is 7.91. The van der Waals surface area contributed by atoms with Gasteiger partial charge in [0.2, 0.25) is 5.95 Å². The maximum atomic E-state index is 12.3. The van der Waals surface area contributed by atoms with Crippen molar-refractivity contribution in [2.24, 2.45) is 11.3 Å². The van der Waals surface area contributed by atoms with Crippen LogP contribution in [0.4, 0.5) is 11.6 Å². The zero-order valence-corrected chi connectivity index (χ0v) is 36.9. The molecule has 0 spiro atoms. The molecule has 1 aliphatic rings. The number of anilines is 2. The van der Waals surface area contributed by atoms with E-state index < -0.39 is 19.7 Å². The van der Waals surface area contributed by atoms with Gasteiger partial charge in [-0.05, 0) is 91.5 Å². The first-order valence-corrected chi connectivity index (χ1v) is 22.5. The fourth-order valence-electron chi connectivity index (χ4n) is 5.26. The number of nitrogen functional groups attached to an aromatic ring is 2. The van der Waals surface area contributed by atoms with Crippen LogP contribution in [0.5, 0.6) is 0 Å². The number of nitrogens with zero attached hydrogens (tertiary/aromatic N) is 3. The zero-order valence-electron chi connectivity index (χ0n) is 35.2. The lowest BCUT2D eigenvalue weighted by Crippen LogP contribution is -2.19. The molecular weight excluding hydrogens is 719 g/mol. The van der Waals surface area contributed by atoms with E-state index in [1.54, 1.807) is 49.5 Å². The molecule has 54 heavy (non-hydrogen) atoms. The highest BCUT2D eigenvalue weighted by atomic mass is 32.2. The van der Waals surface area contributed by atoms with Gasteiger partial charge < -0.3 is 16.0 Å². The topological polar surface area (TPSA) is 172 Å². The van der Waals surface area contributed by atoms with Crippen LogP contribution in [0.25, 0.3) is 0 Å². The van der Waals surface area contributed by atoms with Gasteiger partial charge in [0.25, 0.3) is 0 Å². The number of benzene rings is 2. The van der Waals surface area contributed by atoms with E-state index in [9.17, 15) is 16.8 Å². The normalized spacial score (nSPS) is 13.3. The summed E-state index contributed by atoms with van der Waals surface area (Å²) >= 11 is 0. The third-order valence-corrected chi connectivity index (χ3v) is 11.1. The van der Waals surface area contributed by atoms with Crippen LogP contribution in [0.2, 0.25) is 0 Å². The lowest BCUT2D eigenvalue weighted by atomic mass is 9.76. The van der Waals surface area contributed by atoms with Crippen molar-refractivity contribution in [2.75, 3.05) is 17.7 Å². The van der Waals surface area contributed by atoms with Crippen molar-refractivity contribution in [3.63, 3.8) is 0 Å². The van der Waals surface area contributed by atoms with E-state index in [0.29, 0.717) is 38.3 Å². The van der Waals surface area contributed by atoms with Gasteiger partial charge in [0, 0.05) is 29.9 Å². The van der Waals surface area contributed by atoms with E-state index in [2.05, 4.69) is 56.7 Å². The Kier molecular flexibility index (Phi) is 22.2. The van der Waals surface area contributed by atoms with Crippen LogP contribution in [0.15, 0.2) is 81.2 Å².